The summed E-state index contributed by atoms with van der Waals surface area (Å²) in [6, 6.07) is 3.02. The lowest BCUT2D eigenvalue weighted by molar-refractivity contribution is -0.0342. The van der Waals surface area contributed by atoms with Crippen molar-refractivity contribution >= 4 is 0 Å². The van der Waals surface area contributed by atoms with Crippen LogP contribution in [0.25, 0.3) is 0 Å². The van der Waals surface area contributed by atoms with E-state index in [0.717, 1.165) is 25.4 Å². The Balaban J connectivity index is 2.03. The standard InChI is InChI=1S/C16H28N2O/c1-4-13-5-6-14(10-17)15(9-13)18-8-7-12(2)16(11-18)19-3/h12-16H,4-9,11H2,1-3H3. The Labute approximate surface area is 117 Å². The van der Waals surface area contributed by atoms with Gasteiger partial charge in [0, 0.05) is 19.7 Å². The second-order valence-corrected chi connectivity index (χ2v) is 6.43. The molecule has 0 spiro atoms. The van der Waals surface area contributed by atoms with Gasteiger partial charge in [-0.05, 0) is 44.1 Å². The molecule has 1 heterocycles. The van der Waals surface area contributed by atoms with Crippen LogP contribution in [0.2, 0.25) is 0 Å². The van der Waals surface area contributed by atoms with Crippen LogP contribution in [0.15, 0.2) is 0 Å². The monoisotopic (exact) mass is 264 g/mol. The summed E-state index contributed by atoms with van der Waals surface area (Å²) in [5.74, 6) is 1.69. The molecule has 2 aliphatic rings. The lowest BCUT2D eigenvalue weighted by Gasteiger charge is -2.45. The zero-order chi connectivity index (χ0) is 13.8. The Morgan fingerprint density at radius 2 is 2.11 bits per heavy atom. The fourth-order valence-corrected chi connectivity index (χ4v) is 3.82. The van der Waals surface area contributed by atoms with Crippen molar-refractivity contribution in [2.45, 2.75) is 58.1 Å². The average molecular weight is 264 g/mol. The maximum Gasteiger partial charge on any atom is 0.0724 e. The highest BCUT2D eigenvalue weighted by molar-refractivity contribution is 4.99. The van der Waals surface area contributed by atoms with Crippen LogP contribution in [-0.4, -0.2) is 37.2 Å². The van der Waals surface area contributed by atoms with Gasteiger partial charge in [0.25, 0.3) is 0 Å². The molecular formula is C16H28N2O. The van der Waals surface area contributed by atoms with E-state index in [1.165, 1.54) is 25.7 Å². The molecule has 0 bridgehead atoms. The molecule has 1 aliphatic heterocycles. The molecular weight excluding hydrogens is 236 g/mol. The summed E-state index contributed by atoms with van der Waals surface area (Å²) in [4.78, 5) is 2.55. The summed E-state index contributed by atoms with van der Waals surface area (Å²) in [7, 11) is 1.82. The third kappa shape index (κ3) is 3.30. The van der Waals surface area contributed by atoms with Crippen molar-refractivity contribution in [2.24, 2.45) is 17.8 Å². The van der Waals surface area contributed by atoms with Crippen LogP contribution in [0.3, 0.4) is 0 Å². The van der Waals surface area contributed by atoms with E-state index < -0.39 is 0 Å². The fraction of sp³-hybridized carbons (Fsp3) is 0.938. The number of piperidine rings is 1. The van der Waals surface area contributed by atoms with Gasteiger partial charge in [0.05, 0.1) is 18.1 Å². The van der Waals surface area contributed by atoms with Crippen LogP contribution in [0, 0.1) is 29.1 Å². The molecule has 0 amide bonds. The molecule has 3 nitrogen and oxygen atoms in total. The molecule has 2 rings (SSSR count). The van der Waals surface area contributed by atoms with Gasteiger partial charge in [-0.25, -0.2) is 0 Å². The highest BCUT2D eigenvalue weighted by Crippen LogP contribution is 2.35. The van der Waals surface area contributed by atoms with Crippen LogP contribution < -0.4 is 0 Å². The number of hydrogen-bond donors (Lipinski definition) is 0. The molecule has 0 aromatic heterocycles. The Hall–Kier alpha value is -0.590. The average Bonchev–Trinajstić information content (AvgIpc) is 2.47. The first-order valence-electron chi connectivity index (χ1n) is 7.86. The molecule has 1 saturated carbocycles. The quantitative estimate of drug-likeness (QED) is 0.786. The van der Waals surface area contributed by atoms with Crippen molar-refractivity contribution < 1.29 is 4.74 Å². The SMILES string of the molecule is CCC1CCC(C#N)C(N2CCC(C)C(OC)C2)C1. The van der Waals surface area contributed by atoms with Crippen LogP contribution in [0.4, 0.5) is 0 Å². The van der Waals surface area contributed by atoms with E-state index in [1.807, 2.05) is 7.11 Å². The van der Waals surface area contributed by atoms with Crippen molar-refractivity contribution in [1.82, 2.24) is 4.90 Å². The summed E-state index contributed by atoms with van der Waals surface area (Å²) < 4.78 is 5.62. The third-order valence-corrected chi connectivity index (χ3v) is 5.36. The van der Waals surface area contributed by atoms with Crippen molar-refractivity contribution in [3.8, 4) is 6.07 Å². The van der Waals surface area contributed by atoms with Gasteiger partial charge < -0.3 is 4.74 Å². The third-order valence-electron chi connectivity index (χ3n) is 5.36. The van der Waals surface area contributed by atoms with Crippen molar-refractivity contribution in [3.63, 3.8) is 0 Å². The number of nitriles is 1. The predicted molar refractivity (Wildman–Crippen MR) is 76.7 cm³/mol. The number of rotatable bonds is 3. The van der Waals surface area contributed by atoms with Crippen molar-refractivity contribution in [3.05, 3.63) is 0 Å². The van der Waals surface area contributed by atoms with Crippen LogP contribution in [-0.2, 0) is 4.74 Å². The molecule has 2 fully saturated rings. The molecule has 0 radical (unpaired) electrons. The molecule has 0 N–H and O–H groups in total. The molecule has 5 atom stereocenters. The summed E-state index contributed by atoms with van der Waals surface area (Å²) >= 11 is 0. The zero-order valence-electron chi connectivity index (χ0n) is 12.6. The minimum absolute atomic E-state index is 0.230. The minimum atomic E-state index is 0.230. The maximum absolute atomic E-state index is 9.42. The molecule has 108 valence electrons. The first-order valence-corrected chi connectivity index (χ1v) is 7.86. The topological polar surface area (TPSA) is 36.3 Å². The van der Waals surface area contributed by atoms with E-state index in [9.17, 15) is 5.26 Å². The van der Waals surface area contributed by atoms with E-state index in [4.69, 9.17) is 4.74 Å². The molecule has 19 heavy (non-hydrogen) atoms. The first kappa shape index (κ1) is 14.8. The van der Waals surface area contributed by atoms with Crippen molar-refractivity contribution in [2.75, 3.05) is 20.2 Å². The highest BCUT2D eigenvalue weighted by atomic mass is 16.5. The number of ether oxygens (including phenoxy) is 1. The Morgan fingerprint density at radius 1 is 1.32 bits per heavy atom. The lowest BCUT2D eigenvalue weighted by Crippen LogP contribution is -2.52. The highest BCUT2D eigenvalue weighted by Gasteiger charge is 2.37. The van der Waals surface area contributed by atoms with Gasteiger partial charge in [0.15, 0.2) is 0 Å². The van der Waals surface area contributed by atoms with Gasteiger partial charge in [-0.3, -0.25) is 4.90 Å². The molecule has 3 heteroatoms. The summed E-state index contributed by atoms with van der Waals surface area (Å²) in [6.07, 6.45) is 6.33. The Morgan fingerprint density at radius 3 is 2.74 bits per heavy atom. The van der Waals surface area contributed by atoms with E-state index in [1.54, 1.807) is 0 Å². The predicted octanol–water partition coefficient (Wildman–Crippen LogP) is 3.06. The van der Waals surface area contributed by atoms with Gasteiger partial charge in [-0.15, -0.1) is 0 Å². The number of likely N-dealkylation sites (tertiary alicyclic amines) is 1. The molecule has 0 aromatic rings. The fourth-order valence-electron chi connectivity index (χ4n) is 3.82. The lowest BCUT2D eigenvalue weighted by atomic mass is 9.76. The summed E-state index contributed by atoms with van der Waals surface area (Å²) in [5.41, 5.74) is 0. The normalized spacial score (nSPS) is 40.8. The van der Waals surface area contributed by atoms with Crippen molar-refractivity contribution in [1.29, 1.82) is 5.26 Å². The Bertz CT molecular complexity index is 325. The molecule has 0 aromatic carbocycles. The number of nitrogens with zero attached hydrogens (tertiary/aromatic N) is 2. The zero-order valence-corrected chi connectivity index (χ0v) is 12.6. The number of hydrogen-bond acceptors (Lipinski definition) is 3. The van der Waals surface area contributed by atoms with E-state index >= 15 is 0 Å². The first-order chi connectivity index (χ1) is 9.19. The van der Waals surface area contributed by atoms with Gasteiger partial charge in [-0.1, -0.05) is 20.3 Å². The maximum atomic E-state index is 9.42. The van der Waals surface area contributed by atoms with Gasteiger partial charge >= 0.3 is 0 Å². The van der Waals surface area contributed by atoms with Gasteiger partial charge in [0.1, 0.15) is 0 Å². The van der Waals surface area contributed by atoms with E-state index in [2.05, 4.69) is 24.8 Å². The second-order valence-electron chi connectivity index (χ2n) is 6.43. The summed E-state index contributed by atoms with van der Waals surface area (Å²) in [5, 5.41) is 9.42. The number of methoxy groups -OCH3 is 1. The molecule has 5 unspecified atom stereocenters. The smallest absolute Gasteiger partial charge is 0.0724 e. The Kier molecular flexibility index (Phi) is 5.24. The van der Waals surface area contributed by atoms with Gasteiger partial charge in [-0.2, -0.15) is 5.26 Å². The van der Waals surface area contributed by atoms with Crippen LogP contribution in [0.5, 0.6) is 0 Å². The largest absolute Gasteiger partial charge is 0.380 e. The van der Waals surface area contributed by atoms with Crippen LogP contribution >= 0.6 is 0 Å². The van der Waals surface area contributed by atoms with Gasteiger partial charge in [0.2, 0.25) is 0 Å². The molecule has 1 aliphatic carbocycles. The van der Waals surface area contributed by atoms with Crippen LogP contribution in [0.1, 0.15) is 46.0 Å². The van der Waals surface area contributed by atoms with E-state index in [-0.39, 0.29) is 5.92 Å². The second kappa shape index (κ2) is 6.72. The van der Waals surface area contributed by atoms with E-state index in [0.29, 0.717) is 18.1 Å². The minimum Gasteiger partial charge on any atom is -0.380 e. The molecule has 1 saturated heterocycles. The summed E-state index contributed by atoms with van der Waals surface area (Å²) in [6.45, 7) is 6.71.